The molecule has 98 valence electrons. The Kier molecular flexibility index (Phi) is 4.37. The molecule has 0 saturated heterocycles. The Bertz CT molecular complexity index is 478. The van der Waals surface area contributed by atoms with Crippen LogP contribution in [0.4, 0.5) is 0 Å². The summed E-state index contributed by atoms with van der Waals surface area (Å²) in [5, 5.41) is 19.2. The molecule has 0 spiro atoms. The van der Waals surface area contributed by atoms with Crippen LogP contribution in [0.3, 0.4) is 0 Å². The van der Waals surface area contributed by atoms with Gasteiger partial charge in [-0.1, -0.05) is 10.4 Å². The Morgan fingerprint density at radius 2 is 2.06 bits per heavy atom. The van der Waals surface area contributed by atoms with Crippen LogP contribution in [0.15, 0.2) is 12.4 Å². The predicted molar refractivity (Wildman–Crippen MR) is 63.7 cm³/mol. The number of aromatic nitrogens is 6. The van der Waals surface area contributed by atoms with E-state index in [1.165, 1.54) is 0 Å². The van der Waals surface area contributed by atoms with Gasteiger partial charge in [0.1, 0.15) is 5.69 Å². The highest BCUT2D eigenvalue weighted by Gasteiger charge is 2.03. The van der Waals surface area contributed by atoms with Gasteiger partial charge in [0.15, 0.2) is 0 Å². The first-order valence-electron chi connectivity index (χ1n) is 5.72. The lowest BCUT2D eigenvalue weighted by Gasteiger charge is -1.99. The third-order valence-electron chi connectivity index (χ3n) is 2.35. The minimum atomic E-state index is 0.582. The van der Waals surface area contributed by atoms with Crippen molar-refractivity contribution in [1.82, 2.24) is 35.3 Å². The maximum absolute atomic E-state index is 4.95. The molecule has 0 aliphatic carbocycles. The fourth-order valence-corrected chi connectivity index (χ4v) is 1.52. The Morgan fingerprint density at radius 3 is 2.78 bits per heavy atom. The van der Waals surface area contributed by atoms with Gasteiger partial charge < -0.3 is 10.1 Å². The summed E-state index contributed by atoms with van der Waals surface area (Å²) in [5.74, 6) is 0. The highest BCUT2D eigenvalue weighted by Crippen LogP contribution is 1.98. The van der Waals surface area contributed by atoms with E-state index in [2.05, 4.69) is 25.9 Å². The molecule has 0 saturated carbocycles. The zero-order valence-electron chi connectivity index (χ0n) is 10.6. The van der Waals surface area contributed by atoms with Crippen LogP contribution in [0, 0.1) is 0 Å². The lowest BCUT2D eigenvalue weighted by molar-refractivity contribution is 0.199. The number of aryl methyl sites for hydroxylation is 1. The molecule has 8 nitrogen and oxygen atoms in total. The zero-order valence-corrected chi connectivity index (χ0v) is 10.6. The normalized spacial score (nSPS) is 11.0. The van der Waals surface area contributed by atoms with Gasteiger partial charge in [-0.25, -0.2) is 4.68 Å². The van der Waals surface area contributed by atoms with E-state index in [1.807, 2.05) is 19.4 Å². The topological polar surface area (TPSA) is 82.7 Å². The quantitative estimate of drug-likeness (QED) is 0.648. The first-order chi connectivity index (χ1) is 8.78. The van der Waals surface area contributed by atoms with Gasteiger partial charge in [0.05, 0.1) is 25.0 Å². The second-order valence-corrected chi connectivity index (χ2v) is 3.96. The minimum Gasteiger partial charge on any atom is -0.383 e. The van der Waals surface area contributed by atoms with E-state index in [0.29, 0.717) is 19.7 Å². The second kappa shape index (κ2) is 6.22. The SMILES string of the molecule is COCCNCc1cn(Cc2cn(C)nn2)nn1. The molecular formula is C10H17N7O. The molecule has 0 amide bonds. The van der Waals surface area contributed by atoms with Crippen molar-refractivity contribution in [3.05, 3.63) is 23.8 Å². The smallest absolute Gasteiger partial charge is 0.104 e. The summed E-state index contributed by atoms with van der Waals surface area (Å²) in [7, 11) is 3.52. The van der Waals surface area contributed by atoms with Crippen LogP contribution in [0.25, 0.3) is 0 Å². The third kappa shape index (κ3) is 3.60. The molecule has 2 aromatic rings. The molecular weight excluding hydrogens is 234 g/mol. The first kappa shape index (κ1) is 12.7. The lowest BCUT2D eigenvalue weighted by Crippen LogP contribution is -2.18. The Morgan fingerprint density at radius 1 is 1.22 bits per heavy atom. The zero-order chi connectivity index (χ0) is 12.8. The number of hydrogen-bond donors (Lipinski definition) is 1. The molecule has 0 radical (unpaired) electrons. The Labute approximate surface area is 105 Å². The molecule has 0 fully saturated rings. The van der Waals surface area contributed by atoms with Gasteiger partial charge in [-0.05, 0) is 0 Å². The number of hydrogen-bond acceptors (Lipinski definition) is 6. The molecule has 0 unspecified atom stereocenters. The molecule has 1 N–H and O–H groups in total. The summed E-state index contributed by atoms with van der Waals surface area (Å²) < 4.78 is 8.36. The van der Waals surface area contributed by atoms with Gasteiger partial charge in [0.25, 0.3) is 0 Å². The number of methoxy groups -OCH3 is 1. The van der Waals surface area contributed by atoms with Crippen molar-refractivity contribution in [2.45, 2.75) is 13.1 Å². The summed E-state index contributed by atoms with van der Waals surface area (Å²) in [6.45, 7) is 2.75. The highest BCUT2D eigenvalue weighted by atomic mass is 16.5. The predicted octanol–water partition coefficient (Wildman–Crippen LogP) is -0.809. The van der Waals surface area contributed by atoms with E-state index in [1.54, 1.807) is 16.5 Å². The van der Waals surface area contributed by atoms with E-state index in [4.69, 9.17) is 4.74 Å². The van der Waals surface area contributed by atoms with E-state index in [9.17, 15) is 0 Å². The summed E-state index contributed by atoms with van der Waals surface area (Å²) >= 11 is 0. The average Bonchev–Trinajstić information content (AvgIpc) is 2.95. The molecule has 2 aromatic heterocycles. The van der Waals surface area contributed by atoms with Gasteiger partial charge in [-0.2, -0.15) is 0 Å². The van der Waals surface area contributed by atoms with Crippen LogP contribution in [-0.4, -0.2) is 50.2 Å². The van der Waals surface area contributed by atoms with Gasteiger partial charge in [0, 0.05) is 33.4 Å². The Balaban J connectivity index is 1.82. The highest BCUT2D eigenvalue weighted by molar-refractivity contribution is 4.96. The van der Waals surface area contributed by atoms with Crippen molar-refractivity contribution < 1.29 is 4.74 Å². The summed E-state index contributed by atoms with van der Waals surface area (Å²) in [6.07, 6.45) is 3.76. The summed E-state index contributed by atoms with van der Waals surface area (Å²) in [6, 6.07) is 0. The van der Waals surface area contributed by atoms with E-state index >= 15 is 0 Å². The molecule has 2 heterocycles. The van der Waals surface area contributed by atoms with Crippen molar-refractivity contribution >= 4 is 0 Å². The number of nitrogens with one attached hydrogen (secondary N) is 1. The molecule has 8 heteroatoms. The molecule has 0 bridgehead atoms. The van der Waals surface area contributed by atoms with E-state index in [0.717, 1.165) is 17.9 Å². The van der Waals surface area contributed by atoms with Gasteiger partial charge in [-0.3, -0.25) is 4.68 Å². The standard InChI is InChI=1S/C10H17N7O/c1-16-6-10(13-14-16)8-17-7-9(12-15-17)5-11-3-4-18-2/h6-7,11H,3-5,8H2,1-2H3. The molecule has 0 atom stereocenters. The maximum atomic E-state index is 4.95. The Hall–Kier alpha value is -1.80. The van der Waals surface area contributed by atoms with Crippen molar-refractivity contribution in [3.8, 4) is 0 Å². The monoisotopic (exact) mass is 251 g/mol. The van der Waals surface area contributed by atoms with Crippen molar-refractivity contribution in [3.63, 3.8) is 0 Å². The minimum absolute atomic E-state index is 0.582. The average molecular weight is 251 g/mol. The van der Waals surface area contributed by atoms with Crippen molar-refractivity contribution in [1.29, 1.82) is 0 Å². The van der Waals surface area contributed by atoms with Crippen LogP contribution in [0.5, 0.6) is 0 Å². The van der Waals surface area contributed by atoms with Crippen LogP contribution < -0.4 is 5.32 Å². The lowest BCUT2D eigenvalue weighted by atomic mass is 10.4. The van der Waals surface area contributed by atoms with Crippen LogP contribution in [0.2, 0.25) is 0 Å². The fourth-order valence-electron chi connectivity index (χ4n) is 1.52. The maximum Gasteiger partial charge on any atom is 0.104 e. The molecule has 0 aliphatic rings. The van der Waals surface area contributed by atoms with E-state index in [-0.39, 0.29) is 0 Å². The number of nitrogens with zero attached hydrogens (tertiary/aromatic N) is 6. The summed E-state index contributed by atoms with van der Waals surface area (Å²) in [5.41, 5.74) is 1.76. The number of rotatable bonds is 7. The number of ether oxygens (including phenoxy) is 1. The first-order valence-corrected chi connectivity index (χ1v) is 5.72. The van der Waals surface area contributed by atoms with Crippen molar-refractivity contribution in [2.24, 2.45) is 7.05 Å². The third-order valence-corrected chi connectivity index (χ3v) is 2.35. The summed E-state index contributed by atoms with van der Waals surface area (Å²) in [4.78, 5) is 0. The molecule has 0 aliphatic heterocycles. The largest absolute Gasteiger partial charge is 0.383 e. The van der Waals surface area contributed by atoms with Crippen LogP contribution >= 0.6 is 0 Å². The van der Waals surface area contributed by atoms with Gasteiger partial charge in [-0.15, -0.1) is 10.2 Å². The molecule has 0 aromatic carbocycles. The van der Waals surface area contributed by atoms with Gasteiger partial charge in [0.2, 0.25) is 0 Å². The van der Waals surface area contributed by atoms with Gasteiger partial charge >= 0.3 is 0 Å². The molecule has 18 heavy (non-hydrogen) atoms. The van der Waals surface area contributed by atoms with Crippen LogP contribution in [-0.2, 0) is 24.9 Å². The molecule has 2 rings (SSSR count). The van der Waals surface area contributed by atoms with Crippen LogP contribution in [0.1, 0.15) is 11.4 Å². The second-order valence-electron chi connectivity index (χ2n) is 3.96. The van der Waals surface area contributed by atoms with E-state index < -0.39 is 0 Å². The van der Waals surface area contributed by atoms with Crippen molar-refractivity contribution in [2.75, 3.05) is 20.3 Å². The fraction of sp³-hybridized carbons (Fsp3) is 0.600.